The number of tetrazole rings is 1. The fraction of sp³-hybridized carbons (Fsp3) is 0.444. The molecule has 4 N–H and O–H groups in total. The van der Waals surface area contributed by atoms with Gasteiger partial charge in [-0.25, -0.2) is 22.9 Å². The Morgan fingerprint density at radius 2 is 1.07 bits per heavy atom. The molecule has 3 amide bonds. The summed E-state index contributed by atoms with van der Waals surface area (Å²) in [5, 5.41) is 48.7. The monoisotopic (exact) mass is 1850 g/mol. The van der Waals surface area contributed by atoms with Crippen LogP contribution in [-0.2, 0) is 52.9 Å². The average Bonchev–Trinajstić information content (AvgIpc) is 1.64. The molecule has 5 heterocycles. The number of Topliss-reactive ketones (excluding diaryl/α,β-unsaturated/α-hetero) is 3. The number of ketones is 3. The lowest BCUT2D eigenvalue weighted by Gasteiger charge is -2.16. The predicted octanol–water partition coefficient (Wildman–Crippen LogP) is 21.0. The first-order chi connectivity index (χ1) is 63.4. The number of para-hydroxylation sites is 2. The molecule has 2 fully saturated rings. The minimum absolute atomic E-state index is 0.00567. The van der Waals surface area contributed by atoms with Gasteiger partial charge in [0.05, 0.1) is 98.6 Å². The number of carbonyl (C=O) groups is 8. The van der Waals surface area contributed by atoms with Crippen LogP contribution in [0.5, 0.6) is 5.75 Å². The van der Waals surface area contributed by atoms with Crippen LogP contribution in [0.25, 0.3) is 15.4 Å². The van der Waals surface area contributed by atoms with E-state index in [0.717, 1.165) is 67.9 Å². The average molecular weight is 1850 g/mol. The Hall–Kier alpha value is -12.4. The Morgan fingerprint density at radius 1 is 0.565 bits per heavy atom. The number of anilines is 3. The van der Waals surface area contributed by atoms with Crippen molar-refractivity contribution in [1.29, 1.82) is 0 Å². The Balaban J connectivity index is 0.000000248. The number of benzene rings is 5. The second kappa shape index (κ2) is 60.5. The molecule has 0 saturated carbocycles. The van der Waals surface area contributed by atoms with Gasteiger partial charge < -0.3 is 53.5 Å². The molecule has 1 aromatic heterocycles. The summed E-state index contributed by atoms with van der Waals surface area (Å²) in [4.78, 5) is 105. The number of aryl methyl sites for hydroxylation is 1. The largest absolute Gasteiger partial charge is 0.515 e. The topological polar surface area (TPSA) is 364 Å². The minimum atomic E-state index is -3.20. The summed E-state index contributed by atoms with van der Waals surface area (Å²) < 4.78 is 50.8. The number of hydrazone groups is 1. The van der Waals surface area contributed by atoms with Crippen LogP contribution < -0.4 is 24.3 Å². The van der Waals surface area contributed by atoms with Crippen LogP contribution in [0, 0.1) is 20.1 Å². The van der Waals surface area contributed by atoms with Gasteiger partial charge in [-0.2, -0.15) is 14.8 Å². The number of ether oxygens (including phenoxy) is 5. The number of hydrogen-bond donors (Lipinski definition) is 4. The normalized spacial score (nSPS) is 14.7. The number of esters is 2. The quantitative estimate of drug-likeness (QED) is 0.00403. The molecule has 5 aliphatic rings. The highest BCUT2D eigenvalue weighted by atomic mass is 32.2. The number of aromatic nitrogens is 4. The summed E-state index contributed by atoms with van der Waals surface area (Å²) >= 11 is 6.07. The number of thioether (sulfide) groups is 1. The number of sulfonamides is 1. The Bertz CT molecular complexity index is 5160. The van der Waals surface area contributed by atoms with Crippen molar-refractivity contribution in [2.45, 2.75) is 239 Å². The van der Waals surface area contributed by atoms with Crippen molar-refractivity contribution in [2.75, 3.05) is 67.2 Å². The first-order valence-corrected chi connectivity index (χ1v) is 48.3. The van der Waals surface area contributed by atoms with Gasteiger partial charge >= 0.3 is 17.6 Å². The van der Waals surface area contributed by atoms with Gasteiger partial charge in [-0.15, -0.1) is 5.10 Å². The molecule has 0 radical (unpaired) electrons. The number of carbonyl (C=O) groups excluding carboxylic acids is 8. The van der Waals surface area contributed by atoms with Crippen molar-refractivity contribution in [3.05, 3.63) is 242 Å². The molecule has 702 valence electrons. The van der Waals surface area contributed by atoms with Gasteiger partial charge in [-0.3, -0.25) is 33.6 Å². The van der Waals surface area contributed by atoms with Crippen molar-refractivity contribution >= 4 is 109 Å². The van der Waals surface area contributed by atoms with E-state index in [1.54, 1.807) is 64.7 Å². The molecule has 2 saturated heterocycles. The van der Waals surface area contributed by atoms with E-state index in [1.165, 1.54) is 193 Å². The van der Waals surface area contributed by atoms with E-state index in [1.807, 2.05) is 86.6 Å². The molecule has 131 heavy (non-hydrogen) atoms. The molecule has 0 bridgehead atoms. The van der Waals surface area contributed by atoms with Crippen molar-refractivity contribution in [3.63, 3.8) is 0 Å². The molecular weight excluding hydrogens is 1730 g/mol. The van der Waals surface area contributed by atoms with E-state index in [0.29, 0.717) is 102 Å². The van der Waals surface area contributed by atoms with E-state index in [2.05, 4.69) is 55.8 Å². The molecular formula is C99H125N11O18S3. The Labute approximate surface area is 780 Å². The second-order valence-electron chi connectivity index (χ2n) is 31.4. The minimum Gasteiger partial charge on any atom is -0.515 e. The highest BCUT2D eigenvalue weighted by Crippen LogP contribution is 2.33. The lowest BCUT2D eigenvalue weighted by atomic mass is 10.1. The molecule has 0 atom stereocenters. The first kappa shape index (κ1) is 107. The van der Waals surface area contributed by atoms with Gasteiger partial charge in [0.1, 0.15) is 35.9 Å². The fourth-order valence-corrected chi connectivity index (χ4v) is 15.1. The molecule has 29 nitrogen and oxygen atoms in total. The van der Waals surface area contributed by atoms with Crippen LogP contribution in [0.3, 0.4) is 0 Å². The van der Waals surface area contributed by atoms with Crippen LogP contribution in [0.2, 0.25) is 0 Å². The number of nitrogens with one attached hydrogen (secondary N) is 1. The van der Waals surface area contributed by atoms with Gasteiger partial charge in [0.2, 0.25) is 26.7 Å². The van der Waals surface area contributed by atoms with Crippen LogP contribution >= 0.6 is 24.0 Å². The third-order valence-corrected chi connectivity index (χ3v) is 22.6. The summed E-state index contributed by atoms with van der Waals surface area (Å²) in [6, 6.07) is 37.8. The van der Waals surface area contributed by atoms with Crippen LogP contribution in [0.15, 0.2) is 207 Å². The van der Waals surface area contributed by atoms with Crippen LogP contribution in [0.4, 0.5) is 17.1 Å². The molecule has 0 unspecified atom stereocenters. The zero-order chi connectivity index (χ0) is 95.1. The lowest BCUT2D eigenvalue weighted by Crippen LogP contribution is -2.27. The van der Waals surface area contributed by atoms with Gasteiger partial charge in [0, 0.05) is 34.1 Å². The highest BCUT2D eigenvalue weighted by molar-refractivity contribution is 8.02. The van der Waals surface area contributed by atoms with Crippen LogP contribution in [0.1, 0.15) is 264 Å². The van der Waals surface area contributed by atoms with Crippen LogP contribution in [-0.4, -0.2) is 154 Å². The van der Waals surface area contributed by atoms with Gasteiger partial charge in [0.15, 0.2) is 11.5 Å². The number of hydrogen-bond acceptors (Lipinski definition) is 24. The number of aliphatic hydroxyl groups is 3. The number of rotatable bonds is 45. The van der Waals surface area contributed by atoms with E-state index in [4.69, 9.17) is 59.3 Å². The van der Waals surface area contributed by atoms with Gasteiger partial charge in [-0.05, 0) is 129 Å². The SMILES string of the molecule is CC1=NN(c2ccccc2)C(=O)C1=CSc1nnnn1-c1ccccc1.CCCCCCCCCCCCOC(=O)c1cccc(N2CC(O)=C(C=S)C2=O)c1.CCCCCCCCCCCCOc1ccc2c(c1)C(=O)/C(=C\O)C2=O.Cc1ccc(N2CC(=O)/C(=C/O)C2=O)cc1.[C-]#[N+]/C(C)=C/NS(C)(=O)=O.[C-]#[N+]C(C(=O)OCCCCCCCCCCCC)=C1OCCO1. The summed E-state index contributed by atoms with van der Waals surface area (Å²) in [6.07, 6.45) is 40.7. The molecule has 0 spiro atoms. The molecule has 32 heteroatoms. The maximum Gasteiger partial charge on any atom is 0.346 e. The van der Waals surface area contributed by atoms with Crippen molar-refractivity contribution in [2.24, 2.45) is 5.10 Å². The number of unbranched alkanes of at least 4 members (excludes halogenated alkanes) is 27. The van der Waals surface area contributed by atoms with Crippen molar-refractivity contribution in [3.8, 4) is 11.4 Å². The number of nitrogens with zero attached hydrogens (tertiary/aromatic N) is 10. The Kier molecular flexibility index (Phi) is 49.6. The third-order valence-electron chi connectivity index (χ3n) is 21.0. The fourth-order valence-electron chi connectivity index (χ4n) is 13.6. The number of amides is 3. The molecule has 5 aromatic carbocycles. The predicted molar refractivity (Wildman–Crippen MR) is 513 cm³/mol. The number of allylic oxidation sites excluding steroid dienone is 2. The lowest BCUT2D eigenvalue weighted by molar-refractivity contribution is -0.139. The van der Waals surface area contributed by atoms with E-state index < -0.39 is 39.4 Å². The number of fused-ring (bicyclic) bond motifs is 1. The van der Waals surface area contributed by atoms with Crippen molar-refractivity contribution in [1.82, 2.24) is 24.9 Å². The summed E-state index contributed by atoms with van der Waals surface area (Å²) in [5.41, 5.74) is 6.03. The standard InChI is InChI=1S/C24H33NO4S.C22H30O4.C18H14N6OS.C18H29NO4.C12H11NO3.C5H8N2O2S/c1-2-3-4-5-6-7-8-9-10-11-15-29-24(28)19-13-12-14-20(16-19)25-17-22(26)21(18-30)23(25)27;1-2-3-4-5-6-7-8-9-10-11-14-26-17-12-13-18-19(15-17)22(25)20(16-23)21(18)24;1-13-16(17(25)23(20-13)14-8-4-2-5-9-14)12-26-18-19-21-22-24(18)15-10-6-3-7-11-15;1-3-4-5-6-7-8-9-10-11-12-13-21-17(20)16(19-2)18-22-14-15-23-18;1-8-2-4-9(5-3-8)13-6-11(15)10(7-14)12(13)16;1-5(6-2)4-7-10(3,8)9/h12-14,16,18,26H,2-11,15,17H2,1H3;12-13,15-16,23H,2-11,14H2,1H3;2-12H,1H3;3-15H2,1H3;2-5,7,14H,6H2,1H3;4,7H,1,3H3/b;20-16-;;;10-7-;5-4+. The summed E-state index contributed by atoms with van der Waals surface area (Å²) in [7, 11) is -3.20. The number of aliphatic hydroxyl groups excluding tert-OH is 3. The van der Waals surface area contributed by atoms with Crippen molar-refractivity contribution < 1.29 is 85.8 Å². The maximum absolute atomic E-state index is 12.7. The van der Waals surface area contributed by atoms with E-state index in [-0.39, 0.29) is 64.8 Å². The maximum atomic E-state index is 12.7. The van der Waals surface area contributed by atoms with E-state index >= 15 is 0 Å². The van der Waals surface area contributed by atoms with Gasteiger partial charge in [0.25, 0.3) is 23.7 Å². The number of thiocarbonyl (C=S) groups is 1. The van der Waals surface area contributed by atoms with Gasteiger partial charge in [-0.1, -0.05) is 278 Å². The zero-order valence-electron chi connectivity index (χ0n) is 76.3. The third kappa shape index (κ3) is 37.2. The second-order valence-corrected chi connectivity index (χ2v) is 34.3. The molecule has 4 aliphatic heterocycles. The van der Waals surface area contributed by atoms with E-state index in [9.17, 15) is 51.9 Å². The zero-order valence-corrected chi connectivity index (χ0v) is 78.8. The first-order valence-electron chi connectivity index (χ1n) is 45.0. The summed E-state index contributed by atoms with van der Waals surface area (Å²) in [5.74, 6) is -2.68. The molecule has 1 aliphatic carbocycles. The molecule has 6 aromatic rings. The Morgan fingerprint density at radius 3 is 1.57 bits per heavy atom. The highest BCUT2D eigenvalue weighted by Gasteiger charge is 2.37. The molecule has 11 rings (SSSR count). The summed E-state index contributed by atoms with van der Waals surface area (Å²) in [6.45, 7) is 27.6. The smallest absolute Gasteiger partial charge is 0.346 e.